The number of nitrogens with zero attached hydrogens (tertiary/aromatic N) is 5. The quantitative estimate of drug-likeness (QED) is 0.356. The lowest BCUT2D eigenvalue weighted by atomic mass is 10.1. The molecule has 38 heavy (non-hydrogen) atoms. The maximum Gasteiger partial charge on any atom is 0.335 e. The maximum atomic E-state index is 13.1. The molecule has 196 valence electrons. The summed E-state index contributed by atoms with van der Waals surface area (Å²) in [7, 11) is 0. The highest BCUT2D eigenvalue weighted by Crippen LogP contribution is 2.30. The molecule has 1 aromatic carbocycles. The van der Waals surface area contributed by atoms with Crippen molar-refractivity contribution >= 4 is 28.6 Å². The van der Waals surface area contributed by atoms with E-state index in [1.807, 2.05) is 6.07 Å². The van der Waals surface area contributed by atoms with Gasteiger partial charge in [-0.15, -0.1) is 0 Å². The van der Waals surface area contributed by atoms with Gasteiger partial charge in [-0.05, 0) is 54.8 Å². The zero-order chi connectivity index (χ0) is 26.2. The minimum absolute atomic E-state index is 0.0980. The van der Waals surface area contributed by atoms with Crippen LogP contribution in [0.3, 0.4) is 0 Å². The lowest BCUT2D eigenvalue weighted by Crippen LogP contribution is -2.34. The SMILES string of the molecule is O=C(O)c1ccc2nc(CN3CCc4cc(Cl)c(OCc5ccc(F)cn5)nc4C3)n(C[C@@H]3CCO3)c2c1. The molecule has 6 rings (SSSR count). The van der Waals surface area contributed by atoms with Crippen molar-refractivity contribution in [2.75, 3.05) is 13.2 Å². The van der Waals surface area contributed by atoms with Gasteiger partial charge in [0.2, 0.25) is 5.88 Å². The Labute approximate surface area is 222 Å². The molecule has 11 heteroatoms. The van der Waals surface area contributed by atoms with Gasteiger partial charge in [-0.3, -0.25) is 9.88 Å². The average molecular weight is 538 g/mol. The summed E-state index contributed by atoms with van der Waals surface area (Å²) in [5.74, 6) is -0.204. The van der Waals surface area contributed by atoms with E-state index in [-0.39, 0.29) is 18.3 Å². The van der Waals surface area contributed by atoms with E-state index < -0.39 is 11.8 Å². The molecule has 0 saturated carbocycles. The van der Waals surface area contributed by atoms with E-state index in [0.29, 0.717) is 36.2 Å². The summed E-state index contributed by atoms with van der Waals surface area (Å²) in [5, 5.41) is 9.91. The zero-order valence-corrected chi connectivity index (χ0v) is 21.2. The number of aromatic nitrogens is 4. The molecule has 1 N–H and O–H groups in total. The molecule has 4 aromatic rings. The first-order valence-corrected chi connectivity index (χ1v) is 12.8. The number of aromatic carboxylic acids is 1. The van der Waals surface area contributed by atoms with Crippen molar-refractivity contribution in [3.63, 3.8) is 0 Å². The van der Waals surface area contributed by atoms with Crippen LogP contribution in [0.5, 0.6) is 5.88 Å². The molecule has 0 radical (unpaired) electrons. The van der Waals surface area contributed by atoms with Crippen LogP contribution in [0, 0.1) is 5.82 Å². The average Bonchev–Trinajstić information content (AvgIpc) is 3.21. The van der Waals surface area contributed by atoms with Gasteiger partial charge in [0, 0.05) is 19.7 Å². The Morgan fingerprint density at radius 1 is 1.24 bits per heavy atom. The van der Waals surface area contributed by atoms with Gasteiger partial charge in [0.05, 0.1) is 53.4 Å². The Balaban J connectivity index is 1.22. The Morgan fingerprint density at radius 3 is 2.84 bits per heavy atom. The fourth-order valence-corrected chi connectivity index (χ4v) is 5.03. The smallest absolute Gasteiger partial charge is 0.335 e. The molecule has 2 aliphatic rings. The fraction of sp³-hybridized carbons (Fsp3) is 0.333. The zero-order valence-electron chi connectivity index (χ0n) is 20.4. The molecule has 0 amide bonds. The summed E-state index contributed by atoms with van der Waals surface area (Å²) in [4.78, 5) is 27.4. The van der Waals surface area contributed by atoms with Crippen LogP contribution in [-0.2, 0) is 37.4 Å². The topological polar surface area (TPSA) is 103 Å². The van der Waals surface area contributed by atoms with Crippen molar-refractivity contribution in [1.82, 2.24) is 24.4 Å². The summed E-state index contributed by atoms with van der Waals surface area (Å²) in [6.07, 6.45) is 2.98. The molecular formula is C27H25ClFN5O4. The van der Waals surface area contributed by atoms with E-state index in [0.717, 1.165) is 60.3 Å². The number of imidazole rings is 1. The maximum absolute atomic E-state index is 13.1. The van der Waals surface area contributed by atoms with E-state index in [1.54, 1.807) is 24.3 Å². The first-order chi connectivity index (χ1) is 18.4. The number of carboxylic acid groups (broad SMARTS) is 1. The molecule has 9 nitrogen and oxygen atoms in total. The standard InChI is InChI=1S/C27H25ClFN5O4/c28-21-9-16-5-7-33(13-23(16)32-26(21)38-15-19-3-2-18(29)11-30-19)14-25-31-22-4-1-17(27(35)36)10-24(22)34(25)12-20-6-8-37-20/h1-4,9-11,20H,5-8,12-15H2,(H,35,36)/t20-/m0/s1. The van der Waals surface area contributed by atoms with Crippen LogP contribution in [0.15, 0.2) is 42.6 Å². The van der Waals surface area contributed by atoms with Crippen LogP contribution < -0.4 is 4.74 Å². The Bertz CT molecular complexity index is 1510. The highest BCUT2D eigenvalue weighted by molar-refractivity contribution is 6.31. The molecule has 0 spiro atoms. The van der Waals surface area contributed by atoms with Gasteiger partial charge in [0.1, 0.15) is 23.3 Å². The normalized spacial score (nSPS) is 17.3. The van der Waals surface area contributed by atoms with E-state index in [2.05, 4.69) is 14.5 Å². The highest BCUT2D eigenvalue weighted by atomic mass is 35.5. The number of rotatable bonds is 8. The predicted molar refractivity (Wildman–Crippen MR) is 137 cm³/mol. The number of pyridine rings is 2. The minimum Gasteiger partial charge on any atom is -0.478 e. The number of hydrogen-bond acceptors (Lipinski definition) is 7. The van der Waals surface area contributed by atoms with E-state index in [9.17, 15) is 14.3 Å². The molecule has 0 bridgehead atoms. The second-order valence-electron chi connectivity index (χ2n) is 9.53. The second-order valence-corrected chi connectivity index (χ2v) is 9.93. The number of fused-ring (bicyclic) bond motifs is 2. The lowest BCUT2D eigenvalue weighted by Gasteiger charge is -2.30. The van der Waals surface area contributed by atoms with Crippen molar-refractivity contribution in [3.8, 4) is 5.88 Å². The van der Waals surface area contributed by atoms with Gasteiger partial charge in [-0.1, -0.05) is 11.6 Å². The largest absolute Gasteiger partial charge is 0.478 e. The first kappa shape index (κ1) is 24.7. The molecule has 1 fully saturated rings. The number of carbonyl (C=O) groups is 1. The molecule has 5 heterocycles. The Hall–Kier alpha value is -3.60. The van der Waals surface area contributed by atoms with Crippen molar-refractivity contribution < 1.29 is 23.8 Å². The molecule has 1 atom stereocenters. The third-order valence-corrected chi connectivity index (χ3v) is 7.22. The molecule has 0 unspecified atom stereocenters. The lowest BCUT2D eigenvalue weighted by molar-refractivity contribution is -0.0592. The number of hydrogen-bond donors (Lipinski definition) is 1. The summed E-state index contributed by atoms with van der Waals surface area (Å²) < 4.78 is 26.7. The van der Waals surface area contributed by atoms with Crippen LogP contribution >= 0.6 is 11.6 Å². The molecule has 1 saturated heterocycles. The van der Waals surface area contributed by atoms with Gasteiger partial charge in [0.15, 0.2) is 0 Å². The van der Waals surface area contributed by atoms with E-state index in [4.69, 9.17) is 31.0 Å². The highest BCUT2D eigenvalue weighted by Gasteiger charge is 2.25. The van der Waals surface area contributed by atoms with Crippen LogP contribution in [0.25, 0.3) is 11.0 Å². The number of benzene rings is 1. The summed E-state index contributed by atoms with van der Waals surface area (Å²) in [6, 6.07) is 9.81. The van der Waals surface area contributed by atoms with Crippen molar-refractivity contribution in [1.29, 1.82) is 0 Å². The van der Waals surface area contributed by atoms with Gasteiger partial charge >= 0.3 is 5.97 Å². The summed E-state index contributed by atoms with van der Waals surface area (Å²) in [5.41, 5.74) is 4.31. The number of carboxylic acids is 1. The molecular weight excluding hydrogens is 513 g/mol. The monoisotopic (exact) mass is 537 g/mol. The van der Waals surface area contributed by atoms with Crippen LogP contribution in [0.2, 0.25) is 5.02 Å². The van der Waals surface area contributed by atoms with Gasteiger partial charge in [0.25, 0.3) is 0 Å². The first-order valence-electron chi connectivity index (χ1n) is 12.4. The predicted octanol–water partition coefficient (Wildman–Crippen LogP) is 4.24. The van der Waals surface area contributed by atoms with Crippen molar-refractivity contribution in [2.24, 2.45) is 0 Å². The van der Waals surface area contributed by atoms with Crippen LogP contribution in [-0.4, -0.2) is 54.8 Å². The Kier molecular flexibility index (Phi) is 6.69. The van der Waals surface area contributed by atoms with Crippen molar-refractivity contribution in [3.05, 3.63) is 81.8 Å². The number of halogens is 2. The minimum atomic E-state index is -0.966. The summed E-state index contributed by atoms with van der Waals surface area (Å²) in [6.45, 7) is 3.45. The van der Waals surface area contributed by atoms with Crippen LogP contribution in [0.4, 0.5) is 4.39 Å². The molecule has 0 aliphatic carbocycles. The molecule has 2 aliphatic heterocycles. The third-order valence-electron chi connectivity index (χ3n) is 6.95. The third kappa shape index (κ3) is 5.07. The number of ether oxygens (including phenoxy) is 2. The second kappa shape index (κ2) is 10.3. The van der Waals surface area contributed by atoms with Gasteiger partial charge in [-0.25, -0.2) is 19.2 Å². The Morgan fingerprint density at radius 2 is 2.11 bits per heavy atom. The van der Waals surface area contributed by atoms with Crippen LogP contribution in [0.1, 0.15) is 39.6 Å². The van der Waals surface area contributed by atoms with Gasteiger partial charge < -0.3 is 19.1 Å². The van der Waals surface area contributed by atoms with E-state index >= 15 is 0 Å². The fourth-order valence-electron chi connectivity index (χ4n) is 4.80. The molecule has 3 aromatic heterocycles. The van der Waals surface area contributed by atoms with E-state index in [1.165, 1.54) is 6.07 Å². The van der Waals surface area contributed by atoms with Crippen molar-refractivity contribution in [2.45, 2.75) is 45.2 Å². The summed E-state index contributed by atoms with van der Waals surface area (Å²) >= 11 is 6.44. The van der Waals surface area contributed by atoms with Gasteiger partial charge in [-0.2, -0.15) is 0 Å².